The second kappa shape index (κ2) is 3.75. The molecule has 0 aliphatic carbocycles. The zero-order valence-corrected chi connectivity index (χ0v) is 8.03. The molecule has 6 nitrogen and oxygen atoms in total. The van der Waals surface area contributed by atoms with Gasteiger partial charge in [-0.25, -0.2) is 4.68 Å². The molecule has 1 aromatic heterocycles. The van der Waals surface area contributed by atoms with Gasteiger partial charge in [-0.3, -0.25) is 10.1 Å². The SMILES string of the molecule is Cn1ncnc1NC(=O)CC1CNC1. The minimum atomic E-state index is 0.00704. The molecule has 1 aromatic rings. The van der Waals surface area contributed by atoms with Crippen LogP contribution in [0.15, 0.2) is 6.33 Å². The van der Waals surface area contributed by atoms with E-state index in [0.29, 0.717) is 18.3 Å². The molecule has 0 unspecified atom stereocenters. The largest absolute Gasteiger partial charge is 0.316 e. The Bertz CT molecular complexity index is 330. The van der Waals surface area contributed by atoms with Crippen LogP contribution in [0, 0.1) is 5.92 Å². The van der Waals surface area contributed by atoms with E-state index in [4.69, 9.17) is 0 Å². The van der Waals surface area contributed by atoms with Crippen molar-refractivity contribution in [2.24, 2.45) is 13.0 Å². The summed E-state index contributed by atoms with van der Waals surface area (Å²) >= 11 is 0. The molecule has 2 rings (SSSR count). The van der Waals surface area contributed by atoms with E-state index in [1.165, 1.54) is 11.0 Å². The third-order valence-corrected chi connectivity index (χ3v) is 2.30. The van der Waals surface area contributed by atoms with Crippen LogP contribution < -0.4 is 10.6 Å². The number of aryl methyl sites for hydroxylation is 1. The van der Waals surface area contributed by atoms with Crippen LogP contribution in [0.5, 0.6) is 0 Å². The maximum atomic E-state index is 11.4. The van der Waals surface area contributed by atoms with E-state index in [1.807, 2.05) is 0 Å². The summed E-state index contributed by atoms with van der Waals surface area (Å²) in [6, 6.07) is 0. The van der Waals surface area contributed by atoms with Gasteiger partial charge < -0.3 is 5.32 Å². The summed E-state index contributed by atoms with van der Waals surface area (Å²) in [6.07, 6.45) is 1.97. The molecule has 2 heterocycles. The monoisotopic (exact) mass is 195 g/mol. The van der Waals surface area contributed by atoms with Crippen molar-refractivity contribution in [3.63, 3.8) is 0 Å². The number of carbonyl (C=O) groups excluding carboxylic acids is 1. The Hall–Kier alpha value is -1.43. The quantitative estimate of drug-likeness (QED) is 0.673. The Kier molecular flexibility index (Phi) is 2.45. The van der Waals surface area contributed by atoms with Gasteiger partial charge in [-0.05, 0) is 19.0 Å². The van der Waals surface area contributed by atoms with Crippen molar-refractivity contribution >= 4 is 11.9 Å². The molecule has 1 amide bonds. The Morgan fingerprint density at radius 3 is 3.07 bits per heavy atom. The second-order valence-electron chi connectivity index (χ2n) is 3.48. The number of aromatic nitrogens is 3. The van der Waals surface area contributed by atoms with Gasteiger partial charge >= 0.3 is 0 Å². The lowest BCUT2D eigenvalue weighted by Crippen LogP contribution is -2.43. The smallest absolute Gasteiger partial charge is 0.227 e. The molecule has 1 saturated heterocycles. The normalized spacial score (nSPS) is 16.4. The van der Waals surface area contributed by atoms with Gasteiger partial charge in [-0.15, -0.1) is 0 Å². The van der Waals surface area contributed by atoms with Crippen LogP contribution in [-0.4, -0.2) is 33.8 Å². The Morgan fingerprint density at radius 2 is 2.57 bits per heavy atom. The lowest BCUT2D eigenvalue weighted by Gasteiger charge is -2.26. The van der Waals surface area contributed by atoms with Crippen LogP contribution in [0.1, 0.15) is 6.42 Å². The minimum Gasteiger partial charge on any atom is -0.316 e. The highest BCUT2D eigenvalue weighted by atomic mass is 16.1. The van der Waals surface area contributed by atoms with Gasteiger partial charge in [0.05, 0.1) is 0 Å². The predicted octanol–water partition coefficient (Wildman–Crippen LogP) is -0.637. The van der Waals surface area contributed by atoms with Crippen LogP contribution in [0.25, 0.3) is 0 Å². The van der Waals surface area contributed by atoms with E-state index in [1.54, 1.807) is 7.05 Å². The Labute approximate surface area is 81.7 Å². The van der Waals surface area contributed by atoms with Gasteiger partial charge in [0.15, 0.2) is 0 Å². The number of hydrogen-bond donors (Lipinski definition) is 2. The fraction of sp³-hybridized carbons (Fsp3) is 0.625. The van der Waals surface area contributed by atoms with Crippen molar-refractivity contribution in [2.75, 3.05) is 18.4 Å². The number of hydrogen-bond acceptors (Lipinski definition) is 4. The molecular weight excluding hydrogens is 182 g/mol. The first-order chi connectivity index (χ1) is 6.75. The van der Waals surface area contributed by atoms with Crippen LogP contribution in [0.2, 0.25) is 0 Å². The summed E-state index contributed by atoms with van der Waals surface area (Å²) in [6.45, 7) is 1.87. The van der Waals surface area contributed by atoms with Gasteiger partial charge in [0.1, 0.15) is 6.33 Å². The number of nitrogens with zero attached hydrogens (tertiary/aromatic N) is 3. The van der Waals surface area contributed by atoms with E-state index in [0.717, 1.165) is 13.1 Å². The van der Waals surface area contributed by atoms with Crippen molar-refractivity contribution in [1.82, 2.24) is 20.1 Å². The molecule has 1 aliphatic rings. The molecule has 0 atom stereocenters. The van der Waals surface area contributed by atoms with Crippen molar-refractivity contribution in [1.29, 1.82) is 0 Å². The molecule has 14 heavy (non-hydrogen) atoms. The second-order valence-corrected chi connectivity index (χ2v) is 3.48. The zero-order valence-electron chi connectivity index (χ0n) is 8.03. The van der Waals surface area contributed by atoms with E-state index in [2.05, 4.69) is 20.7 Å². The third kappa shape index (κ3) is 1.90. The van der Waals surface area contributed by atoms with Crippen molar-refractivity contribution in [3.8, 4) is 0 Å². The topological polar surface area (TPSA) is 71.8 Å². The summed E-state index contributed by atoms with van der Waals surface area (Å²) in [5, 5.41) is 9.70. The molecule has 0 radical (unpaired) electrons. The fourth-order valence-electron chi connectivity index (χ4n) is 1.34. The van der Waals surface area contributed by atoms with E-state index >= 15 is 0 Å². The first-order valence-corrected chi connectivity index (χ1v) is 4.60. The highest BCUT2D eigenvalue weighted by Crippen LogP contribution is 2.09. The van der Waals surface area contributed by atoms with E-state index in [9.17, 15) is 4.79 Å². The van der Waals surface area contributed by atoms with E-state index < -0.39 is 0 Å². The molecule has 0 saturated carbocycles. The van der Waals surface area contributed by atoms with Gasteiger partial charge in [0.2, 0.25) is 11.9 Å². The summed E-state index contributed by atoms with van der Waals surface area (Å²) in [5.74, 6) is 0.984. The molecule has 76 valence electrons. The van der Waals surface area contributed by atoms with Gasteiger partial charge in [-0.1, -0.05) is 0 Å². The molecular formula is C8H13N5O. The summed E-state index contributed by atoms with van der Waals surface area (Å²) in [5.41, 5.74) is 0. The number of carbonyl (C=O) groups is 1. The van der Waals surface area contributed by atoms with Gasteiger partial charge in [0.25, 0.3) is 0 Å². The van der Waals surface area contributed by atoms with E-state index in [-0.39, 0.29) is 5.91 Å². The first kappa shape index (κ1) is 9.14. The third-order valence-electron chi connectivity index (χ3n) is 2.30. The lowest BCUT2D eigenvalue weighted by molar-refractivity contribution is -0.117. The minimum absolute atomic E-state index is 0.00704. The summed E-state index contributed by atoms with van der Waals surface area (Å²) < 4.78 is 1.54. The van der Waals surface area contributed by atoms with Crippen molar-refractivity contribution in [2.45, 2.75) is 6.42 Å². The average molecular weight is 195 g/mol. The summed E-state index contributed by atoms with van der Waals surface area (Å²) in [4.78, 5) is 15.4. The average Bonchev–Trinajstić information content (AvgIpc) is 2.45. The van der Waals surface area contributed by atoms with Crippen LogP contribution >= 0.6 is 0 Å². The zero-order chi connectivity index (χ0) is 9.97. The molecule has 0 aromatic carbocycles. The predicted molar refractivity (Wildman–Crippen MR) is 50.6 cm³/mol. The number of rotatable bonds is 3. The maximum absolute atomic E-state index is 11.4. The van der Waals surface area contributed by atoms with Crippen LogP contribution in [-0.2, 0) is 11.8 Å². The summed E-state index contributed by atoms with van der Waals surface area (Å²) in [7, 11) is 1.74. The molecule has 0 bridgehead atoms. The molecule has 1 aliphatic heterocycles. The van der Waals surface area contributed by atoms with Crippen LogP contribution in [0.4, 0.5) is 5.95 Å². The Morgan fingerprint density at radius 1 is 1.79 bits per heavy atom. The lowest BCUT2D eigenvalue weighted by atomic mass is 9.99. The molecule has 6 heteroatoms. The van der Waals surface area contributed by atoms with Gasteiger partial charge in [-0.2, -0.15) is 10.1 Å². The van der Waals surface area contributed by atoms with Gasteiger partial charge in [0, 0.05) is 13.5 Å². The van der Waals surface area contributed by atoms with Crippen molar-refractivity contribution in [3.05, 3.63) is 6.33 Å². The maximum Gasteiger partial charge on any atom is 0.227 e. The van der Waals surface area contributed by atoms with Crippen molar-refractivity contribution < 1.29 is 4.79 Å². The molecule has 1 fully saturated rings. The Balaban J connectivity index is 1.84. The number of nitrogens with one attached hydrogen (secondary N) is 2. The highest BCUT2D eigenvalue weighted by molar-refractivity contribution is 5.89. The number of anilines is 1. The first-order valence-electron chi connectivity index (χ1n) is 4.60. The fourth-order valence-corrected chi connectivity index (χ4v) is 1.34. The highest BCUT2D eigenvalue weighted by Gasteiger charge is 2.20. The van der Waals surface area contributed by atoms with Crippen LogP contribution in [0.3, 0.4) is 0 Å². The standard InChI is InChI=1S/C8H13N5O/c1-13-8(10-5-11-13)12-7(14)2-6-3-9-4-6/h5-6,9H,2-4H2,1H3,(H,10,11,12,14). The molecule has 0 spiro atoms. The molecule has 2 N–H and O–H groups in total. The number of amides is 1.